The molecule has 5 rings (SSSR count). The zero-order valence-electron chi connectivity index (χ0n) is 19.1. The van der Waals surface area contributed by atoms with Gasteiger partial charge in [0, 0.05) is 49.8 Å². The van der Waals surface area contributed by atoms with Crippen LogP contribution in [0, 0.1) is 5.82 Å². The first-order valence-corrected chi connectivity index (χ1v) is 12.4. The molecule has 0 unspecified atom stereocenters. The minimum Gasteiger partial charge on any atom is -0.396 e. The Labute approximate surface area is 208 Å². The minimum atomic E-state index is -0.438. The lowest BCUT2D eigenvalue weighted by atomic mass is 10.1. The predicted molar refractivity (Wildman–Crippen MR) is 141 cm³/mol. The molecule has 0 bridgehead atoms. The first-order valence-electron chi connectivity index (χ1n) is 11.4. The van der Waals surface area contributed by atoms with E-state index in [1.807, 2.05) is 36.4 Å². The quantitative estimate of drug-likeness (QED) is 0.234. The SMILES string of the molecule is Nc1cc(-c2cc(N3CCN(c4ncccc4N)CC3)nc(SCc3ccccc3)n2)ccc1F. The van der Waals surface area contributed by atoms with Crippen LogP contribution in [-0.2, 0) is 5.75 Å². The van der Waals surface area contributed by atoms with E-state index in [-0.39, 0.29) is 5.69 Å². The highest BCUT2D eigenvalue weighted by molar-refractivity contribution is 7.98. The average Bonchev–Trinajstić information content (AvgIpc) is 2.90. The van der Waals surface area contributed by atoms with Gasteiger partial charge in [0.25, 0.3) is 0 Å². The Balaban J connectivity index is 1.40. The summed E-state index contributed by atoms with van der Waals surface area (Å²) in [6.07, 6.45) is 1.76. The van der Waals surface area contributed by atoms with Crippen LogP contribution in [0.4, 0.5) is 27.4 Å². The Morgan fingerprint density at radius 1 is 0.829 bits per heavy atom. The van der Waals surface area contributed by atoms with Crippen molar-refractivity contribution in [1.29, 1.82) is 0 Å². The van der Waals surface area contributed by atoms with E-state index in [9.17, 15) is 4.39 Å². The van der Waals surface area contributed by atoms with Gasteiger partial charge in [-0.25, -0.2) is 19.3 Å². The van der Waals surface area contributed by atoms with Gasteiger partial charge in [0.05, 0.1) is 17.1 Å². The van der Waals surface area contributed by atoms with Crippen molar-refractivity contribution >= 4 is 34.8 Å². The Bertz CT molecular complexity index is 1310. The third kappa shape index (κ3) is 5.30. The number of halogens is 1. The first kappa shape index (κ1) is 22.9. The van der Waals surface area contributed by atoms with Gasteiger partial charge in [0.2, 0.25) is 0 Å². The fraction of sp³-hybridized carbons (Fsp3) is 0.192. The normalized spacial score (nSPS) is 13.7. The summed E-state index contributed by atoms with van der Waals surface area (Å²) < 4.78 is 13.8. The molecule has 178 valence electrons. The van der Waals surface area contributed by atoms with E-state index < -0.39 is 5.82 Å². The lowest BCUT2D eigenvalue weighted by Crippen LogP contribution is -2.47. The largest absolute Gasteiger partial charge is 0.396 e. The summed E-state index contributed by atoms with van der Waals surface area (Å²) in [5, 5.41) is 0.667. The second kappa shape index (κ2) is 10.2. The Morgan fingerprint density at radius 3 is 2.34 bits per heavy atom. The molecule has 1 aliphatic rings. The number of piperazine rings is 1. The monoisotopic (exact) mass is 487 g/mol. The smallest absolute Gasteiger partial charge is 0.190 e. The van der Waals surface area contributed by atoms with E-state index in [0.717, 1.165) is 49.1 Å². The van der Waals surface area contributed by atoms with E-state index in [1.54, 1.807) is 30.1 Å². The average molecular weight is 488 g/mol. The van der Waals surface area contributed by atoms with Crippen molar-refractivity contribution < 1.29 is 4.39 Å². The minimum absolute atomic E-state index is 0.0997. The highest BCUT2D eigenvalue weighted by Crippen LogP contribution is 2.30. The molecule has 7 nitrogen and oxygen atoms in total. The van der Waals surface area contributed by atoms with Crippen LogP contribution < -0.4 is 21.3 Å². The molecule has 2 aromatic heterocycles. The summed E-state index contributed by atoms with van der Waals surface area (Å²) in [4.78, 5) is 18.5. The lowest BCUT2D eigenvalue weighted by Gasteiger charge is -2.36. The fourth-order valence-corrected chi connectivity index (χ4v) is 4.84. The molecular weight excluding hydrogens is 461 g/mol. The number of nitrogen functional groups attached to an aromatic ring is 2. The molecule has 4 aromatic rings. The molecule has 1 saturated heterocycles. The second-order valence-corrected chi connectivity index (χ2v) is 9.24. The zero-order chi connectivity index (χ0) is 24.2. The van der Waals surface area contributed by atoms with Gasteiger partial charge < -0.3 is 21.3 Å². The number of pyridine rings is 1. The second-order valence-electron chi connectivity index (χ2n) is 8.29. The molecule has 0 amide bonds. The maximum atomic E-state index is 13.8. The molecule has 0 spiro atoms. The van der Waals surface area contributed by atoms with Crippen molar-refractivity contribution in [2.75, 3.05) is 47.4 Å². The molecule has 2 aromatic carbocycles. The molecule has 35 heavy (non-hydrogen) atoms. The summed E-state index contributed by atoms with van der Waals surface area (Å²) in [6, 6.07) is 20.6. The Hall–Kier alpha value is -3.85. The van der Waals surface area contributed by atoms with Crippen LogP contribution in [0.5, 0.6) is 0 Å². The Morgan fingerprint density at radius 2 is 1.60 bits per heavy atom. The third-order valence-corrected chi connectivity index (χ3v) is 6.83. The molecule has 1 aliphatic heterocycles. The molecule has 9 heteroatoms. The number of thioether (sulfide) groups is 1. The molecule has 1 fully saturated rings. The van der Waals surface area contributed by atoms with E-state index in [2.05, 4.69) is 26.9 Å². The topological polar surface area (TPSA) is 97.2 Å². The third-order valence-electron chi connectivity index (χ3n) is 5.91. The van der Waals surface area contributed by atoms with E-state index in [0.29, 0.717) is 16.5 Å². The number of aromatic nitrogens is 3. The van der Waals surface area contributed by atoms with Crippen LogP contribution in [0.15, 0.2) is 78.1 Å². The van der Waals surface area contributed by atoms with Crippen LogP contribution in [0.3, 0.4) is 0 Å². The van der Waals surface area contributed by atoms with Gasteiger partial charge in [-0.1, -0.05) is 42.1 Å². The van der Waals surface area contributed by atoms with Crippen LogP contribution in [0.2, 0.25) is 0 Å². The van der Waals surface area contributed by atoms with Crippen LogP contribution in [0.1, 0.15) is 5.56 Å². The summed E-state index contributed by atoms with van der Waals surface area (Å²) >= 11 is 1.58. The number of benzene rings is 2. The van der Waals surface area contributed by atoms with Gasteiger partial charge in [0.15, 0.2) is 11.0 Å². The van der Waals surface area contributed by atoms with Crippen molar-refractivity contribution in [3.63, 3.8) is 0 Å². The molecule has 0 radical (unpaired) electrons. The summed E-state index contributed by atoms with van der Waals surface area (Å²) in [5.74, 6) is 1.97. The maximum Gasteiger partial charge on any atom is 0.190 e. The summed E-state index contributed by atoms with van der Waals surface area (Å²) in [6.45, 7) is 3.08. The number of nitrogens with two attached hydrogens (primary N) is 2. The van der Waals surface area contributed by atoms with E-state index in [1.165, 1.54) is 11.6 Å². The van der Waals surface area contributed by atoms with Crippen LogP contribution >= 0.6 is 11.8 Å². The van der Waals surface area contributed by atoms with Crippen molar-refractivity contribution in [2.24, 2.45) is 0 Å². The van der Waals surface area contributed by atoms with E-state index in [4.69, 9.17) is 21.4 Å². The molecule has 0 atom stereocenters. The molecule has 0 saturated carbocycles. The standard InChI is InChI=1S/C26H26FN7S/c27-20-9-8-19(15-22(20)29)23-16-24(32-26(31-23)35-17-18-5-2-1-3-6-18)33-11-13-34(14-12-33)25-21(28)7-4-10-30-25/h1-10,15-16H,11-14,17,28-29H2. The molecule has 3 heterocycles. The Kier molecular flexibility index (Phi) is 6.67. The van der Waals surface area contributed by atoms with Crippen LogP contribution in [-0.4, -0.2) is 41.1 Å². The van der Waals surface area contributed by atoms with Gasteiger partial charge >= 0.3 is 0 Å². The molecule has 4 N–H and O–H groups in total. The van der Waals surface area contributed by atoms with Crippen molar-refractivity contribution in [3.8, 4) is 11.3 Å². The van der Waals surface area contributed by atoms with Gasteiger partial charge in [-0.15, -0.1) is 0 Å². The fourth-order valence-electron chi connectivity index (χ4n) is 4.03. The van der Waals surface area contributed by atoms with Crippen molar-refractivity contribution in [2.45, 2.75) is 10.9 Å². The highest BCUT2D eigenvalue weighted by Gasteiger charge is 2.22. The molecular formula is C26H26FN7S. The number of nitrogens with zero attached hydrogens (tertiary/aromatic N) is 5. The molecule has 0 aliphatic carbocycles. The van der Waals surface area contributed by atoms with E-state index >= 15 is 0 Å². The van der Waals surface area contributed by atoms with Crippen molar-refractivity contribution in [3.05, 3.63) is 84.3 Å². The maximum absolute atomic E-state index is 13.8. The van der Waals surface area contributed by atoms with Gasteiger partial charge in [0.1, 0.15) is 11.6 Å². The van der Waals surface area contributed by atoms with Crippen LogP contribution in [0.25, 0.3) is 11.3 Å². The highest BCUT2D eigenvalue weighted by atomic mass is 32.2. The predicted octanol–water partition coefficient (Wildman–Crippen LogP) is 4.46. The number of hydrogen-bond acceptors (Lipinski definition) is 8. The van der Waals surface area contributed by atoms with Crippen molar-refractivity contribution in [1.82, 2.24) is 15.0 Å². The number of hydrogen-bond donors (Lipinski definition) is 2. The lowest BCUT2D eigenvalue weighted by molar-refractivity contribution is 0.632. The summed E-state index contributed by atoms with van der Waals surface area (Å²) in [5.41, 5.74) is 15.4. The summed E-state index contributed by atoms with van der Waals surface area (Å²) in [7, 11) is 0. The first-order chi connectivity index (χ1) is 17.1. The van der Waals surface area contributed by atoms with Gasteiger partial charge in [-0.2, -0.15) is 0 Å². The number of rotatable bonds is 6. The van der Waals surface area contributed by atoms with Gasteiger partial charge in [-0.3, -0.25) is 0 Å². The zero-order valence-corrected chi connectivity index (χ0v) is 20.0. The van der Waals surface area contributed by atoms with Gasteiger partial charge in [-0.05, 0) is 35.9 Å². The number of anilines is 4.